The number of aliphatic hydroxyl groups excluding tert-OH is 1. The maximum Gasteiger partial charge on any atom is 0.124 e. The molecule has 0 aliphatic carbocycles. The van der Waals surface area contributed by atoms with E-state index in [1.807, 2.05) is 13.0 Å². The predicted molar refractivity (Wildman–Crippen MR) is 65.7 cm³/mol. The fourth-order valence-electron chi connectivity index (χ4n) is 1.68. The summed E-state index contributed by atoms with van der Waals surface area (Å²) in [5, 5.41) is 17.8. The molecule has 17 heavy (non-hydrogen) atoms. The van der Waals surface area contributed by atoms with E-state index < -0.39 is 0 Å². The van der Waals surface area contributed by atoms with E-state index in [4.69, 9.17) is 15.1 Å². The van der Waals surface area contributed by atoms with Crippen molar-refractivity contribution in [2.24, 2.45) is 0 Å². The minimum Gasteiger partial charge on any atom is -0.496 e. The highest BCUT2D eigenvalue weighted by molar-refractivity contribution is 5.42. The molecule has 0 heterocycles. The molecular formula is C13H18N2O2. The number of hydrogen-bond acceptors (Lipinski definition) is 4. The van der Waals surface area contributed by atoms with Gasteiger partial charge in [0.1, 0.15) is 5.75 Å². The Kier molecular flexibility index (Phi) is 5.47. The number of nitrogens with zero attached hydrogens (tertiary/aromatic N) is 2. The molecule has 1 N–H and O–H groups in total. The van der Waals surface area contributed by atoms with Crippen LogP contribution in [0.5, 0.6) is 5.75 Å². The Hall–Kier alpha value is -1.57. The van der Waals surface area contributed by atoms with Crippen molar-refractivity contribution in [3.05, 3.63) is 29.3 Å². The van der Waals surface area contributed by atoms with Gasteiger partial charge in [-0.15, -0.1) is 0 Å². The van der Waals surface area contributed by atoms with Crippen molar-refractivity contribution >= 4 is 0 Å². The lowest BCUT2D eigenvalue weighted by Crippen LogP contribution is -2.26. The molecule has 0 aromatic heterocycles. The third-order valence-corrected chi connectivity index (χ3v) is 2.67. The molecule has 0 unspecified atom stereocenters. The lowest BCUT2D eigenvalue weighted by atomic mass is 10.1. The zero-order valence-electron chi connectivity index (χ0n) is 10.3. The highest BCUT2D eigenvalue weighted by Gasteiger charge is 2.08. The Balaban J connectivity index is 2.86. The molecule has 0 atom stereocenters. The Bertz CT molecular complexity index is 399. The Morgan fingerprint density at radius 2 is 2.24 bits per heavy atom. The van der Waals surface area contributed by atoms with Crippen LogP contribution in [0.4, 0.5) is 0 Å². The van der Waals surface area contributed by atoms with Gasteiger partial charge >= 0.3 is 0 Å². The highest BCUT2D eigenvalue weighted by Crippen LogP contribution is 2.21. The van der Waals surface area contributed by atoms with Crippen LogP contribution in [0.2, 0.25) is 0 Å². The van der Waals surface area contributed by atoms with Crippen LogP contribution in [0.3, 0.4) is 0 Å². The maximum atomic E-state index is 8.94. The van der Waals surface area contributed by atoms with Crippen molar-refractivity contribution in [3.8, 4) is 11.8 Å². The SMILES string of the molecule is CCN(CCO)Cc1ccc(C#N)cc1OC. The van der Waals surface area contributed by atoms with E-state index in [1.54, 1.807) is 19.2 Å². The van der Waals surface area contributed by atoms with Crippen molar-refractivity contribution in [2.75, 3.05) is 26.8 Å². The summed E-state index contributed by atoms with van der Waals surface area (Å²) in [5.74, 6) is 0.723. The summed E-state index contributed by atoms with van der Waals surface area (Å²) < 4.78 is 5.27. The fraction of sp³-hybridized carbons (Fsp3) is 0.462. The van der Waals surface area contributed by atoms with Crippen molar-refractivity contribution in [1.29, 1.82) is 5.26 Å². The summed E-state index contributed by atoms with van der Waals surface area (Å²) in [6.45, 7) is 4.41. The summed E-state index contributed by atoms with van der Waals surface area (Å²) in [6.07, 6.45) is 0. The van der Waals surface area contributed by atoms with Gasteiger partial charge in [0.25, 0.3) is 0 Å². The number of benzene rings is 1. The van der Waals surface area contributed by atoms with Crippen LogP contribution >= 0.6 is 0 Å². The van der Waals surface area contributed by atoms with E-state index in [9.17, 15) is 0 Å². The Morgan fingerprint density at radius 1 is 1.47 bits per heavy atom. The standard InChI is InChI=1S/C13H18N2O2/c1-3-15(6-7-16)10-12-5-4-11(9-14)8-13(12)17-2/h4-5,8,16H,3,6-7,10H2,1-2H3. The van der Waals surface area contributed by atoms with Gasteiger partial charge in [0, 0.05) is 18.7 Å². The minimum atomic E-state index is 0.145. The molecule has 0 spiro atoms. The van der Waals surface area contributed by atoms with E-state index in [1.165, 1.54) is 0 Å². The van der Waals surface area contributed by atoms with Crippen LogP contribution in [0.15, 0.2) is 18.2 Å². The summed E-state index contributed by atoms with van der Waals surface area (Å²) in [6, 6.07) is 7.51. The number of likely N-dealkylation sites (N-methyl/N-ethyl adjacent to an activating group) is 1. The van der Waals surface area contributed by atoms with E-state index in [2.05, 4.69) is 11.0 Å². The molecule has 0 bridgehead atoms. The third-order valence-electron chi connectivity index (χ3n) is 2.67. The summed E-state index contributed by atoms with van der Waals surface area (Å²) in [7, 11) is 1.60. The number of hydrogen-bond donors (Lipinski definition) is 1. The van der Waals surface area contributed by atoms with E-state index in [0.29, 0.717) is 18.7 Å². The second kappa shape index (κ2) is 6.89. The van der Waals surface area contributed by atoms with Crippen LogP contribution in [0.1, 0.15) is 18.1 Å². The van der Waals surface area contributed by atoms with Gasteiger partial charge in [0.05, 0.1) is 25.3 Å². The molecule has 0 amide bonds. The Morgan fingerprint density at radius 3 is 2.76 bits per heavy atom. The first kappa shape index (κ1) is 13.5. The topological polar surface area (TPSA) is 56.5 Å². The van der Waals surface area contributed by atoms with Gasteiger partial charge in [-0.05, 0) is 18.7 Å². The maximum absolute atomic E-state index is 8.94. The van der Waals surface area contributed by atoms with Gasteiger partial charge in [-0.2, -0.15) is 5.26 Å². The monoisotopic (exact) mass is 234 g/mol. The van der Waals surface area contributed by atoms with Crippen LogP contribution in [0.25, 0.3) is 0 Å². The van der Waals surface area contributed by atoms with Gasteiger partial charge in [-0.1, -0.05) is 13.0 Å². The van der Waals surface area contributed by atoms with E-state index in [0.717, 1.165) is 17.9 Å². The molecule has 1 rings (SSSR count). The average Bonchev–Trinajstić information content (AvgIpc) is 2.38. The second-order valence-electron chi connectivity index (χ2n) is 3.73. The molecular weight excluding hydrogens is 216 g/mol. The first-order valence-corrected chi connectivity index (χ1v) is 5.65. The van der Waals surface area contributed by atoms with Crippen LogP contribution < -0.4 is 4.74 Å². The van der Waals surface area contributed by atoms with Crippen LogP contribution in [0, 0.1) is 11.3 Å². The van der Waals surface area contributed by atoms with Crippen molar-refractivity contribution in [3.63, 3.8) is 0 Å². The number of rotatable bonds is 6. The lowest BCUT2D eigenvalue weighted by molar-refractivity contribution is 0.195. The molecule has 0 aliphatic rings. The second-order valence-corrected chi connectivity index (χ2v) is 3.73. The molecule has 0 fully saturated rings. The van der Waals surface area contributed by atoms with Crippen LogP contribution in [-0.4, -0.2) is 36.8 Å². The highest BCUT2D eigenvalue weighted by atomic mass is 16.5. The fourth-order valence-corrected chi connectivity index (χ4v) is 1.68. The number of aliphatic hydroxyl groups is 1. The summed E-state index contributed by atoms with van der Waals surface area (Å²) in [4.78, 5) is 2.11. The Labute approximate surface area is 102 Å². The molecule has 0 radical (unpaired) electrons. The van der Waals surface area contributed by atoms with Gasteiger partial charge in [0.15, 0.2) is 0 Å². The van der Waals surface area contributed by atoms with Gasteiger partial charge in [-0.3, -0.25) is 4.90 Å². The van der Waals surface area contributed by atoms with Gasteiger partial charge in [0.2, 0.25) is 0 Å². The molecule has 0 saturated heterocycles. The number of ether oxygens (including phenoxy) is 1. The smallest absolute Gasteiger partial charge is 0.124 e. The molecule has 4 nitrogen and oxygen atoms in total. The third kappa shape index (κ3) is 3.74. The normalized spacial score (nSPS) is 10.3. The molecule has 0 aliphatic heterocycles. The lowest BCUT2D eigenvalue weighted by Gasteiger charge is -2.20. The number of nitriles is 1. The molecule has 1 aromatic rings. The molecule has 1 aromatic carbocycles. The molecule has 92 valence electrons. The van der Waals surface area contributed by atoms with Gasteiger partial charge in [-0.25, -0.2) is 0 Å². The zero-order chi connectivity index (χ0) is 12.7. The van der Waals surface area contributed by atoms with Crippen LogP contribution in [-0.2, 0) is 6.54 Å². The molecule has 0 saturated carbocycles. The average molecular weight is 234 g/mol. The zero-order valence-corrected chi connectivity index (χ0v) is 10.3. The van der Waals surface area contributed by atoms with Gasteiger partial charge < -0.3 is 9.84 Å². The molecule has 4 heteroatoms. The minimum absolute atomic E-state index is 0.145. The quantitative estimate of drug-likeness (QED) is 0.808. The largest absolute Gasteiger partial charge is 0.496 e. The number of methoxy groups -OCH3 is 1. The van der Waals surface area contributed by atoms with Crippen molar-refractivity contribution < 1.29 is 9.84 Å². The summed E-state index contributed by atoms with van der Waals surface area (Å²) >= 11 is 0. The predicted octanol–water partition coefficient (Wildman–Crippen LogP) is 1.38. The van der Waals surface area contributed by atoms with E-state index in [-0.39, 0.29) is 6.61 Å². The van der Waals surface area contributed by atoms with E-state index >= 15 is 0 Å². The first-order valence-electron chi connectivity index (χ1n) is 5.65. The summed E-state index contributed by atoms with van der Waals surface area (Å²) in [5.41, 5.74) is 1.62. The van der Waals surface area contributed by atoms with Crippen molar-refractivity contribution in [2.45, 2.75) is 13.5 Å². The first-order chi connectivity index (χ1) is 8.24. The van der Waals surface area contributed by atoms with Crippen molar-refractivity contribution in [1.82, 2.24) is 4.90 Å².